The molecule has 2 atom stereocenters. The number of nitrogens with zero attached hydrogens (tertiary/aromatic N) is 2. The van der Waals surface area contributed by atoms with E-state index in [4.69, 9.17) is 0 Å². The Kier molecular flexibility index (Phi) is 10.2. The normalized spacial score (nSPS) is 22.8. The number of hydrogen-bond acceptors (Lipinski definition) is 4. The van der Waals surface area contributed by atoms with Crippen molar-refractivity contribution >= 4 is 40.1 Å². The van der Waals surface area contributed by atoms with Crippen LogP contribution in [0.15, 0.2) is 60.7 Å². The van der Waals surface area contributed by atoms with Gasteiger partial charge in [-0.2, -0.15) is 0 Å². The molecule has 0 aromatic heterocycles. The van der Waals surface area contributed by atoms with Crippen LogP contribution in [0.2, 0.25) is 0 Å². The molecule has 2 unspecified atom stereocenters. The molecule has 0 saturated heterocycles. The highest BCUT2D eigenvalue weighted by Crippen LogP contribution is 2.43. The number of benzene rings is 2. The Morgan fingerprint density at radius 1 is 0.528 bits per heavy atom. The Bertz CT molecular complexity index is 1990. The third-order valence-corrected chi connectivity index (χ3v) is 13.3. The van der Waals surface area contributed by atoms with Crippen molar-refractivity contribution in [3.05, 3.63) is 99.6 Å². The molecular weight excluding hydrogens is 657 g/mol. The van der Waals surface area contributed by atoms with Crippen molar-refractivity contribution < 1.29 is 19.2 Å². The Morgan fingerprint density at radius 3 is 1.62 bits per heavy atom. The van der Waals surface area contributed by atoms with E-state index in [1.807, 2.05) is 50.2 Å². The van der Waals surface area contributed by atoms with Gasteiger partial charge in [-0.25, -0.2) is 4.90 Å². The summed E-state index contributed by atoms with van der Waals surface area (Å²) in [5, 5.41) is 0.906. The molecule has 5 aliphatic rings. The van der Waals surface area contributed by atoms with E-state index in [1.54, 1.807) is 17.0 Å². The Hall–Kier alpha value is -4.32. The number of carbonyl (C=O) groups excluding carboxylic acids is 4. The molecule has 276 valence electrons. The van der Waals surface area contributed by atoms with Gasteiger partial charge in [0.05, 0.1) is 16.8 Å². The number of carbonyl (C=O) groups is 4. The summed E-state index contributed by atoms with van der Waals surface area (Å²) in [5.74, 6) is 0.847. The molecule has 0 N–H and O–H groups in total. The number of aryl methyl sites for hydroxylation is 2. The minimum Gasteiger partial charge on any atom is -0.271 e. The lowest BCUT2D eigenvalue weighted by Crippen LogP contribution is -2.48. The van der Waals surface area contributed by atoms with Crippen LogP contribution in [0, 0.1) is 25.7 Å². The fourth-order valence-electron chi connectivity index (χ4n) is 10.2. The Balaban J connectivity index is 1.11. The third kappa shape index (κ3) is 6.72. The average molecular weight is 711 g/mol. The van der Waals surface area contributed by atoms with Crippen molar-refractivity contribution in [3.63, 3.8) is 0 Å². The fourth-order valence-corrected chi connectivity index (χ4v) is 10.2. The van der Waals surface area contributed by atoms with Gasteiger partial charge in [0.2, 0.25) is 0 Å². The van der Waals surface area contributed by atoms with E-state index in [0.717, 1.165) is 50.4 Å². The van der Waals surface area contributed by atoms with Gasteiger partial charge < -0.3 is 0 Å². The standard InChI is InChI=1S/C47H54N2O4/c1-30-28-39-43-41(47(53)49(45(39)51)37-25-12-9-21-35(22-10-13-26-37)34-19-7-8-20-34)31(2)27-38-42(43)40(30)46(52)48(44(38)50)36-23-5-3-4-15-32(16-6-11-24-36)29-33-17-14-18-33/h9-10,12-13,21-22,25-28,32-34,36H,3-8,11,14-20,23-24,29H2,1-2H3. The molecule has 4 amide bonds. The van der Waals surface area contributed by atoms with E-state index >= 15 is 0 Å². The van der Waals surface area contributed by atoms with Crippen molar-refractivity contribution in [1.29, 1.82) is 0 Å². The molecule has 3 aromatic rings. The second kappa shape index (κ2) is 15.2. The van der Waals surface area contributed by atoms with Gasteiger partial charge in [0.15, 0.2) is 0 Å². The van der Waals surface area contributed by atoms with Crippen LogP contribution < -0.4 is 4.90 Å². The predicted octanol–water partition coefficient (Wildman–Crippen LogP) is 11.3. The molecule has 0 spiro atoms. The van der Waals surface area contributed by atoms with Gasteiger partial charge in [0.25, 0.3) is 23.6 Å². The SMILES string of the molecule is Cc1cc2c3c(c(C)cc4c3c1C(=O)N(c1ccccc(C3CCCC3)cccc1)C4=O)C(=O)N(C1CCCCCC(CC3CCC3)CCCC1)C2=O. The molecule has 0 radical (unpaired) electrons. The summed E-state index contributed by atoms with van der Waals surface area (Å²) in [6, 6.07) is 19.1. The molecular formula is C47H54N2O4. The van der Waals surface area contributed by atoms with Crippen molar-refractivity contribution in [2.75, 3.05) is 4.90 Å². The highest BCUT2D eigenvalue weighted by atomic mass is 16.2. The van der Waals surface area contributed by atoms with Crippen LogP contribution in [-0.4, -0.2) is 34.6 Å². The highest BCUT2D eigenvalue weighted by molar-refractivity contribution is 6.39. The fraction of sp³-hybridized carbons (Fsp3) is 0.489. The maximum absolute atomic E-state index is 14.6. The topological polar surface area (TPSA) is 74.8 Å². The molecule has 0 bridgehead atoms. The highest BCUT2D eigenvalue weighted by Gasteiger charge is 2.43. The van der Waals surface area contributed by atoms with E-state index < -0.39 is 11.8 Å². The molecule has 53 heavy (non-hydrogen) atoms. The lowest BCUT2D eigenvalue weighted by molar-refractivity contribution is 0.0515. The second-order valence-electron chi connectivity index (χ2n) is 16.7. The maximum atomic E-state index is 14.6. The summed E-state index contributed by atoms with van der Waals surface area (Å²) >= 11 is 0. The molecule has 3 aliphatic carbocycles. The summed E-state index contributed by atoms with van der Waals surface area (Å²) in [5.41, 5.74) is 4.69. The molecule has 6 nitrogen and oxygen atoms in total. The summed E-state index contributed by atoms with van der Waals surface area (Å²) < 4.78 is 0. The number of amides is 4. The van der Waals surface area contributed by atoms with Crippen LogP contribution >= 0.6 is 0 Å². The Morgan fingerprint density at radius 2 is 1.02 bits per heavy atom. The first kappa shape index (κ1) is 35.7. The molecule has 6 heteroatoms. The van der Waals surface area contributed by atoms with Gasteiger partial charge in [-0.1, -0.05) is 113 Å². The molecule has 3 saturated carbocycles. The van der Waals surface area contributed by atoms with E-state index in [1.165, 1.54) is 81.1 Å². The second-order valence-corrected chi connectivity index (χ2v) is 16.7. The molecule has 2 aliphatic heterocycles. The zero-order valence-electron chi connectivity index (χ0n) is 31.6. The van der Waals surface area contributed by atoms with Crippen molar-refractivity contribution in [2.24, 2.45) is 11.8 Å². The monoisotopic (exact) mass is 710 g/mol. The van der Waals surface area contributed by atoms with Crippen molar-refractivity contribution in [2.45, 2.75) is 135 Å². The molecule has 8 rings (SSSR count). The van der Waals surface area contributed by atoms with Gasteiger partial charge in [-0.15, -0.1) is 0 Å². The van der Waals surface area contributed by atoms with Gasteiger partial charge in [-0.05, 0) is 105 Å². The van der Waals surface area contributed by atoms with Crippen LogP contribution in [0.25, 0.3) is 10.8 Å². The van der Waals surface area contributed by atoms with E-state index in [-0.39, 0.29) is 17.9 Å². The van der Waals surface area contributed by atoms with Crippen LogP contribution in [0.4, 0.5) is 5.69 Å². The van der Waals surface area contributed by atoms with Crippen molar-refractivity contribution in [1.82, 2.24) is 4.90 Å². The summed E-state index contributed by atoms with van der Waals surface area (Å²) in [6.45, 7) is 3.70. The number of rotatable bonds is 5. The molecule has 3 aromatic carbocycles. The van der Waals surface area contributed by atoms with Crippen LogP contribution in [0.5, 0.6) is 0 Å². The molecule has 2 heterocycles. The maximum Gasteiger partial charge on any atom is 0.266 e. The summed E-state index contributed by atoms with van der Waals surface area (Å²) in [7, 11) is 0. The van der Waals surface area contributed by atoms with Gasteiger partial charge in [0.1, 0.15) is 0 Å². The molecule has 3 fully saturated rings. The largest absolute Gasteiger partial charge is 0.271 e. The zero-order chi connectivity index (χ0) is 36.6. The number of hydrogen-bond donors (Lipinski definition) is 0. The zero-order valence-corrected chi connectivity index (χ0v) is 31.6. The first-order valence-corrected chi connectivity index (χ1v) is 20.6. The lowest BCUT2D eigenvalue weighted by Gasteiger charge is -2.37. The minimum absolute atomic E-state index is 0.162. The van der Waals surface area contributed by atoms with Crippen LogP contribution in [-0.2, 0) is 0 Å². The predicted molar refractivity (Wildman–Crippen MR) is 211 cm³/mol. The van der Waals surface area contributed by atoms with Gasteiger partial charge >= 0.3 is 0 Å². The van der Waals surface area contributed by atoms with Crippen LogP contribution in [0.3, 0.4) is 0 Å². The number of imide groups is 2. The Labute approximate surface area is 314 Å². The summed E-state index contributed by atoms with van der Waals surface area (Å²) in [4.78, 5) is 60.8. The van der Waals surface area contributed by atoms with Gasteiger partial charge in [-0.3, -0.25) is 24.1 Å². The first-order valence-electron chi connectivity index (χ1n) is 20.6. The first-order chi connectivity index (χ1) is 25.8. The quantitative estimate of drug-likeness (QED) is 0.247. The van der Waals surface area contributed by atoms with E-state index in [0.29, 0.717) is 55.8 Å². The lowest BCUT2D eigenvalue weighted by atomic mass is 9.76. The summed E-state index contributed by atoms with van der Waals surface area (Å²) in [6.07, 6.45) is 20.2. The smallest absolute Gasteiger partial charge is 0.266 e. The van der Waals surface area contributed by atoms with Gasteiger partial charge in [0, 0.05) is 27.9 Å². The average Bonchev–Trinajstić information content (AvgIpc) is 3.65. The van der Waals surface area contributed by atoms with Crippen molar-refractivity contribution in [3.8, 4) is 0 Å². The van der Waals surface area contributed by atoms with Crippen LogP contribution in [0.1, 0.15) is 173 Å². The van der Waals surface area contributed by atoms with E-state index in [2.05, 4.69) is 12.1 Å². The number of anilines is 1. The van der Waals surface area contributed by atoms with E-state index in [9.17, 15) is 19.2 Å². The minimum atomic E-state index is -0.442. The third-order valence-electron chi connectivity index (χ3n) is 13.3.